The molecule has 2 nitrogen and oxygen atoms in total. The Morgan fingerprint density at radius 1 is 1.62 bits per heavy atom. The molecule has 13 heavy (non-hydrogen) atoms. The highest BCUT2D eigenvalue weighted by Crippen LogP contribution is 2.22. The SMILES string of the molecule is CC1=CC=CC(O[C@@H](C)C=O)C1C. The molecule has 0 fully saturated rings. The van der Waals surface area contributed by atoms with Crippen molar-refractivity contribution in [1.82, 2.24) is 0 Å². The Morgan fingerprint density at radius 2 is 2.31 bits per heavy atom. The smallest absolute Gasteiger partial charge is 0.148 e. The number of hydrogen-bond donors (Lipinski definition) is 0. The summed E-state index contributed by atoms with van der Waals surface area (Å²) < 4.78 is 5.53. The van der Waals surface area contributed by atoms with Gasteiger partial charge in [0.1, 0.15) is 12.4 Å². The van der Waals surface area contributed by atoms with Gasteiger partial charge in [0.2, 0.25) is 0 Å². The molecule has 3 atom stereocenters. The van der Waals surface area contributed by atoms with Crippen LogP contribution in [0.15, 0.2) is 23.8 Å². The molecule has 0 heterocycles. The predicted octanol–water partition coefficient (Wildman–Crippen LogP) is 2.11. The van der Waals surface area contributed by atoms with E-state index in [1.54, 1.807) is 6.92 Å². The molecule has 0 spiro atoms. The van der Waals surface area contributed by atoms with E-state index >= 15 is 0 Å². The van der Waals surface area contributed by atoms with Crippen molar-refractivity contribution >= 4 is 6.29 Å². The van der Waals surface area contributed by atoms with Crippen LogP contribution in [-0.2, 0) is 9.53 Å². The Kier molecular flexibility index (Phi) is 3.43. The summed E-state index contributed by atoms with van der Waals surface area (Å²) in [6.45, 7) is 5.95. The minimum absolute atomic E-state index is 0.0465. The lowest BCUT2D eigenvalue weighted by atomic mass is 9.92. The third-order valence-corrected chi connectivity index (χ3v) is 2.43. The normalized spacial score (nSPS) is 29.6. The van der Waals surface area contributed by atoms with Crippen LogP contribution in [0, 0.1) is 5.92 Å². The summed E-state index contributed by atoms with van der Waals surface area (Å²) in [5.41, 5.74) is 1.30. The summed E-state index contributed by atoms with van der Waals surface area (Å²) in [7, 11) is 0. The van der Waals surface area contributed by atoms with Crippen LogP contribution in [0.5, 0.6) is 0 Å². The minimum atomic E-state index is -0.317. The van der Waals surface area contributed by atoms with Crippen molar-refractivity contribution in [3.8, 4) is 0 Å². The first-order valence-electron chi connectivity index (χ1n) is 4.61. The van der Waals surface area contributed by atoms with Crippen molar-refractivity contribution in [2.24, 2.45) is 5.92 Å². The topological polar surface area (TPSA) is 26.3 Å². The molecule has 1 aliphatic rings. The average molecular weight is 180 g/mol. The quantitative estimate of drug-likeness (QED) is 0.622. The predicted molar refractivity (Wildman–Crippen MR) is 52.5 cm³/mol. The average Bonchev–Trinajstić information content (AvgIpc) is 2.13. The highest BCUT2D eigenvalue weighted by atomic mass is 16.5. The van der Waals surface area contributed by atoms with Gasteiger partial charge in [-0.25, -0.2) is 0 Å². The number of rotatable bonds is 3. The van der Waals surface area contributed by atoms with E-state index in [2.05, 4.69) is 19.9 Å². The molecule has 0 aromatic heterocycles. The Morgan fingerprint density at radius 3 is 2.92 bits per heavy atom. The zero-order valence-electron chi connectivity index (χ0n) is 8.36. The highest BCUT2D eigenvalue weighted by molar-refractivity contribution is 5.55. The summed E-state index contributed by atoms with van der Waals surface area (Å²) in [6.07, 6.45) is 6.62. The van der Waals surface area contributed by atoms with Gasteiger partial charge in [-0.3, -0.25) is 0 Å². The molecule has 2 heteroatoms. The molecular weight excluding hydrogens is 164 g/mol. The van der Waals surface area contributed by atoms with Gasteiger partial charge >= 0.3 is 0 Å². The van der Waals surface area contributed by atoms with Crippen molar-refractivity contribution in [3.63, 3.8) is 0 Å². The van der Waals surface area contributed by atoms with E-state index in [0.29, 0.717) is 5.92 Å². The number of ether oxygens (including phenoxy) is 1. The molecule has 0 bridgehead atoms. The van der Waals surface area contributed by atoms with Gasteiger partial charge in [0.05, 0.1) is 6.10 Å². The fourth-order valence-electron chi connectivity index (χ4n) is 1.34. The van der Waals surface area contributed by atoms with Crippen molar-refractivity contribution in [1.29, 1.82) is 0 Å². The second-order valence-corrected chi connectivity index (χ2v) is 3.53. The lowest BCUT2D eigenvalue weighted by Crippen LogP contribution is -2.27. The van der Waals surface area contributed by atoms with Crippen LogP contribution in [0.1, 0.15) is 20.8 Å². The molecule has 0 saturated carbocycles. The summed E-state index contributed by atoms with van der Waals surface area (Å²) in [4.78, 5) is 10.4. The molecule has 0 aliphatic heterocycles. The first kappa shape index (κ1) is 10.2. The first-order valence-corrected chi connectivity index (χ1v) is 4.61. The molecule has 1 aliphatic carbocycles. The molecule has 0 radical (unpaired) electrons. The fourth-order valence-corrected chi connectivity index (χ4v) is 1.34. The minimum Gasteiger partial charge on any atom is -0.363 e. The van der Waals surface area contributed by atoms with Gasteiger partial charge in [0.25, 0.3) is 0 Å². The van der Waals surface area contributed by atoms with Crippen LogP contribution in [0.3, 0.4) is 0 Å². The third-order valence-electron chi connectivity index (χ3n) is 2.43. The van der Waals surface area contributed by atoms with Crippen molar-refractivity contribution in [2.75, 3.05) is 0 Å². The number of carbonyl (C=O) groups is 1. The summed E-state index contributed by atoms with van der Waals surface area (Å²) in [6, 6.07) is 0. The van der Waals surface area contributed by atoms with E-state index in [1.807, 2.05) is 12.2 Å². The second-order valence-electron chi connectivity index (χ2n) is 3.53. The van der Waals surface area contributed by atoms with Gasteiger partial charge in [0, 0.05) is 5.92 Å². The summed E-state index contributed by atoms with van der Waals surface area (Å²) in [5, 5.41) is 0. The van der Waals surface area contributed by atoms with Crippen molar-refractivity contribution in [2.45, 2.75) is 33.0 Å². The number of hydrogen-bond acceptors (Lipinski definition) is 2. The zero-order valence-corrected chi connectivity index (χ0v) is 8.36. The lowest BCUT2D eigenvalue weighted by Gasteiger charge is -2.26. The molecular formula is C11H16O2. The van der Waals surface area contributed by atoms with E-state index in [9.17, 15) is 4.79 Å². The number of carbonyl (C=O) groups excluding carboxylic acids is 1. The third kappa shape index (κ3) is 2.52. The fraction of sp³-hybridized carbons (Fsp3) is 0.545. The van der Waals surface area contributed by atoms with Gasteiger partial charge in [-0.1, -0.05) is 30.7 Å². The van der Waals surface area contributed by atoms with Crippen LogP contribution in [0.2, 0.25) is 0 Å². The molecule has 0 amide bonds. The largest absolute Gasteiger partial charge is 0.363 e. The van der Waals surface area contributed by atoms with Gasteiger partial charge in [-0.05, 0) is 13.8 Å². The maximum Gasteiger partial charge on any atom is 0.148 e. The van der Waals surface area contributed by atoms with E-state index in [-0.39, 0.29) is 12.2 Å². The van der Waals surface area contributed by atoms with Crippen LogP contribution in [0.25, 0.3) is 0 Å². The summed E-state index contributed by atoms with van der Waals surface area (Å²) in [5.74, 6) is 0.368. The van der Waals surface area contributed by atoms with E-state index in [1.165, 1.54) is 5.57 Å². The Labute approximate surface area is 79.3 Å². The number of allylic oxidation sites excluding steroid dienone is 2. The molecule has 72 valence electrons. The Balaban J connectivity index is 2.57. The van der Waals surface area contributed by atoms with Crippen LogP contribution in [0.4, 0.5) is 0 Å². The second kappa shape index (κ2) is 4.38. The van der Waals surface area contributed by atoms with Crippen molar-refractivity contribution in [3.05, 3.63) is 23.8 Å². The van der Waals surface area contributed by atoms with Crippen LogP contribution < -0.4 is 0 Å². The zero-order chi connectivity index (χ0) is 9.84. The summed E-state index contributed by atoms with van der Waals surface area (Å²) >= 11 is 0. The molecule has 0 aromatic rings. The van der Waals surface area contributed by atoms with Gasteiger partial charge in [-0.2, -0.15) is 0 Å². The maximum atomic E-state index is 10.4. The monoisotopic (exact) mass is 180 g/mol. The maximum absolute atomic E-state index is 10.4. The van der Waals surface area contributed by atoms with Crippen LogP contribution >= 0.6 is 0 Å². The number of aldehydes is 1. The lowest BCUT2D eigenvalue weighted by molar-refractivity contribution is -0.120. The van der Waals surface area contributed by atoms with Gasteiger partial charge in [0.15, 0.2) is 0 Å². The van der Waals surface area contributed by atoms with E-state index in [4.69, 9.17) is 4.74 Å². The molecule has 0 saturated heterocycles. The van der Waals surface area contributed by atoms with Crippen LogP contribution in [-0.4, -0.2) is 18.5 Å². The highest BCUT2D eigenvalue weighted by Gasteiger charge is 2.20. The van der Waals surface area contributed by atoms with E-state index < -0.39 is 0 Å². The first-order chi connectivity index (χ1) is 6.15. The van der Waals surface area contributed by atoms with Gasteiger partial charge < -0.3 is 9.53 Å². The molecule has 0 N–H and O–H groups in total. The van der Waals surface area contributed by atoms with Gasteiger partial charge in [-0.15, -0.1) is 0 Å². The molecule has 0 aromatic carbocycles. The van der Waals surface area contributed by atoms with Crippen molar-refractivity contribution < 1.29 is 9.53 Å². The standard InChI is InChI=1S/C11H16O2/c1-8-5-4-6-11(10(8)3)13-9(2)7-12/h4-7,9-11H,1-3H3/t9-,10?,11?/m0/s1. The Hall–Kier alpha value is -0.890. The molecule has 1 rings (SSSR count). The molecule has 2 unspecified atom stereocenters. The van der Waals surface area contributed by atoms with E-state index in [0.717, 1.165) is 6.29 Å². The Bertz CT molecular complexity index is 240.